The number of aliphatic hydroxyl groups excluding tert-OH is 3. The number of guanidine groups is 2. The lowest BCUT2D eigenvalue weighted by Crippen LogP contribution is -2.42. The predicted octanol–water partition coefficient (Wildman–Crippen LogP) is -3.71. The Kier molecular flexibility index (Phi) is 4.84. The normalized spacial score (nSPS) is 12.6. The quantitative estimate of drug-likeness (QED) is 0.204. The van der Waals surface area contributed by atoms with Gasteiger partial charge in [-0.2, -0.15) is 4.99 Å². The zero-order valence-corrected chi connectivity index (χ0v) is 7.59. The van der Waals surface area contributed by atoms with E-state index in [1.165, 1.54) is 0 Å². The van der Waals surface area contributed by atoms with Crippen molar-refractivity contribution >= 4 is 11.9 Å². The summed E-state index contributed by atoms with van der Waals surface area (Å²) in [5.74, 6) is -0.615. The molecule has 8 nitrogen and oxygen atoms in total. The number of aliphatic imine (C=N–C) groups is 2. The van der Waals surface area contributed by atoms with Crippen molar-refractivity contribution in [3.63, 3.8) is 0 Å². The topological polar surface area (TPSA) is 163 Å². The van der Waals surface area contributed by atoms with Crippen molar-refractivity contribution in [2.75, 3.05) is 19.8 Å². The molecule has 0 aliphatic heterocycles. The van der Waals surface area contributed by atoms with E-state index in [0.717, 1.165) is 0 Å². The molecule has 0 saturated carbocycles. The van der Waals surface area contributed by atoms with Gasteiger partial charge in [0.1, 0.15) is 5.54 Å². The van der Waals surface area contributed by atoms with Gasteiger partial charge in [0.25, 0.3) is 0 Å². The third kappa shape index (κ3) is 3.56. The molecule has 14 heavy (non-hydrogen) atoms. The molecule has 0 heterocycles. The third-order valence-electron chi connectivity index (χ3n) is 1.48. The Hall–Kier alpha value is -1.38. The summed E-state index contributed by atoms with van der Waals surface area (Å²) >= 11 is 0. The Morgan fingerprint density at radius 2 is 1.43 bits per heavy atom. The molecule has 0 aromatic carbocycles. The molecule has 0 spiro atoms. The van der Waals surface area contributed by atoms with Crippen molar-refractivity contribution in [3.05, 3.63) is 0 Å². The van der Waals surface area contributed by atoms with Crippen LogP contribution in [-0.4, -0.2) is 52.6 Å². The van der Waals surface area contributed by atoms with Crippen molar-refractivity contribution in [3.8, 4) is 0 Å². The van der Waals surface area contributed by atoms with E-state index in [2.05, 4.69) is 9.98 Å². The molecule has 8 heteroatoms. The number of nitrogens with zero attached hydrogens (tertiary/aromatic N) is 2. The molecular formula is C6H15N5O3. The first kappa shape index (κ1) is 12.6. The minimum Gasteiger partial charge on any atom is -0.394 e. The molecule has 0 aromatic heterocycles. The number of hydrogen-bond acceptors (Lipinski definition) is 4. The van der Waals surface area contributed by atoms with E-state index >= 15 is 0 Å². The van der Waals surface area contributed by atoms with Gasteiger partial charge in [0.2, 0.25) is 5.96 Å². The van der Waals surface area contributed by atoms with Crippen LogP contribution >= 0.6 is 0 Å². The first-order chi connectivity index (χ1) is 6.49. The van der Waals surface area contributed by atoms with Gasteiger partial charge in [-0.3, -0.25) is 0 Å². The highest BCUT2D eigenvalue weighted by atomic mass is 16.3. The molecule has 0 aliphatic carbocycles. The second kappa shape index (κ2) is 5.37. The van der Waals surface area contributed by atoms with Crippen molar-refractivity contribution < 1.29 is 15.3 Å². The summed E-state index contributed by atoms with van der Waals surface area (Å²) in [7, 11) is 0. The van der Waals surface area contributed by atoms with Gasteiger partial charge >= 0.3 is 0 Å². The molecule has 9 N–H and O–H groups in total. The summed E-state index contributed by atoms with van der Waals surface area (Å²) < 4.78 is 0. The molecule has 0 saturated heterocycles. The van der Waals surface area contributed by atoms with E-state index in [-0.39, 0.29) is 11.9 Å². The van der Waals surface area contributed by atoms with Crippen LogP contribution in [0.15, 0.2) is 9.98 Å². The maximum absolute atomic E-state index is 8.87. The van der Waals surface area contributed by atoms with Gasteiger partial charge < -0.3 is 32.5 Å². The van der Waals surface area contributed by atoms with Crippen molar-refractivity contribution in [2.24, 2.45) is 27.2 Å². The molecule has 0 bridgehead atoms. The molecule has 0 aliphatic rings. The highest BCUT2D eigenvalue weighted by molar-refractivity contribution is 5.92. The lowest BCUT2D eigenvalue weighted by atomic mass is 10.1. The van der Waals surface area contributed by atoms with Crippen LogP contribution in [0.5, 0.6) is 0 Å². The smallest absolute Gasteiger partial charge is 0.219 e. The van der Waals surface area contributed by atoms with Crippen LogP contribution in [0.1, 0.15) is 0 Å². The van der Waals surface area contributed by atoms with Crippen LogP contribution in [0.2, 0.25) is 0 Å². The maximum Gasteiger partial charge on any atom is 0.219 e. The number of hydrogen-bond donors (Lipinski definition) is 6. The molecule has 0 atom stereocenters. The summed E-state index contributed by atoms with van der Waals surface area (Å²) in [4.78, 5) is 6.97. The summed E-state index contributed by atoms with van der Waals surface area (Å²) in [5.41, 5.74) is 13.8. The minimum atomic E-state index is -1.46. The van der Waals surface area contributed by atoms with Crippen LogP contribution in [-0.2, 0) is 0 Å². The fraction of sp³-hybridized carbons (Fsp3) is 0.667. The number of rotatable bonds is 4. The first-order valence-electron chi connectivity index (χ1n) is 3.77. The summed E-state index contributed by atoms with van der Waals surface area (Å²) in [6.45, 7) is -1.71. The average Bonchev–Trinajstić information content (AvgIpc) is 2.13. The summed E-state index contributed by atoms with van der Waals surface area (Å²) in [5, 5.41) is 26.6. The van der Waals surface area contributed by atoms with E-state index in [9.17, 15) is 0 Å². The Balaban J connectivity index is 4.80. The molecule has 0 aromatic rings. The van der Waals surface area contributed by atoms with E-state index in [1.54, 1.807) is 0 Å². The first-order valence-corrected chi connectivity index (χ1v) is 3.77. The van der Waals surface area contributed by atoms with Gasteiger partial charge in [0.05, 0.1) is 19.8 Å². The monoisotopic (exact) mass is 205 g/mol. The van der Waals surface area contributed by atoms with Crippen molar-refractivity contribution in [1.82, 2.24) is 0 Å². The highest BCUT2D eigenvalue weighted by Gasteiger charge is 2.27. The van der Waals surface area contributed by atoms with Crippen LogP contribution in [0.25, 0.3) is 0 Å². The van der Waals surface area contributed by atoms with Gasteiger partial charge in [0, 0.05) is 0 Å². The maximum atomic E-state index is 8.87. The van der Waals surface area contributed by atoms with E-state index in [0.29, 0.717) is 0 Å². The van der Waals surface area contributed by atoms with Crippen LogP contribution in [0, 0.1) is 0 Å². The van der Waals surface area contributed by atoms with Crippen molar-refractivity contribution in [1.29, 1.82) is 0 Å². The van der Waals surface area contributed by atoms with E-state index < -0.39 is 25.4 Å². The van der Waals surface area contributed by atoms with Crippen molar-refractivity contribution in [2.45, 2.75) is 5.54 Å². The lowest BCUT2D eigenvalue weighted by Gasteiger charge is -2.22. The van der Waals surface area contributed by atoms with Gasteiger partial charge in [0.15, 0.2) is 5.96 Å². The second-order valence-corrected chi connectivity index (χ2v) is 2.71. The lowest BCUT2D eigenvalue weighted by molar-refractivity contribution is 0.0713. The Labute approximate surface area is 80.8 Å². The van der Waals surface area contributed by atoms with E-state index in [4.69, 9.17) is 32.5 Å². The zero-order chi connectivity index (χ0) is 11.2. The second-order valence-electron chi connectivity index (χ2n) is 2.71. The summed E-state index contributed by atoms with van der Waals surface area (Å²) in [6, 6.07) is 0. The third-order valence-corrected chi connectivity index (χ3v) is 1.48. The fourth-order valence-electron chi connectivity index (χ4n) is 0.656. The average molecular weight is 205 g/mol. The predicted molar refractivity (Wildman–Crippen MR) is 51.4 cm³/mol. The Morgan fingerprint density at radius 1 is 1.00 bits per heavy atom. The standard InChI is InChI=1S/C6H15N5O3/c7-4(8)10-5(9)11-6(1-12,2-13)3-14/h12-14H,1-3H2,(H6,7,8,9,10,11). The number of aliphatic hydroxyl groups is 3. The minimum absolute atomic E-state index is 0.297. The molecule has 0 fully saturated rings. The van der Waals surface area contributed by atoms with Gasteiger partial charge in [-0.15, -0.1) is 0 Å². The summed E-state index contributed by atoms with van der Waals surface area (Å²) in [6.07, 6.45) is 0. The van der Waals surface area contributed by atoms with Gasteiger partial charge in [-0.05, 0) is 0 Å². The van der Waals surface area contributed by atoms with Crippen LogP contribution in [0.4, 0.5) is 0 Å². The molecule has 0 radical (unpaired) electrons. The molecule has 0 unspecified atom stereocenters. The molecule has 82 valence electrons. The molecular weight excluding hydrogens is 190 g/mol. The van der Waals surface area contributed by atoms with Gasteiger partial charge in [-0.1, -0.05) is 0 Å². The molecule has 0 amide bonds. The van der Waals surface area contributed by atoms with Crippen LogP contribution in [0.3, 0.4) is 0 Å². The highest BCUT2D eigenvalue weighted by Crippen LogP contribution is 2.08. The fourth-order valence-corrected chi connectivity index (χ4v) is 0.656. The Morgan fingerprint density at radius 3 is 1.71 bits per heavy atom. The van der Waals surface area contributed by atoms with Crippen LogP contribution < -0.4 is 17.2 Å². The van der Waals surface area contributed by atoms with E-state index in [1.807, 2.05) is 0 Å². The van der Waals surface area contributed by atoms with Gasteiger partial charge in [-0.25, -0.2) is 4.99 Å². The largest absolute Gasteiger partial charge is 0.394 e. The zero-order valence-electron chi connectivity index (χ0n) is 7.59. The molecule has 0 rings (SSSR count). The SMILES string of the molecule is NC(N)=NC(N)=NC(CO)(CO)CO. The number of nitrogens with two attached hydrogens (primary N) is 3. The Bertz CT molecular complexity index is 223.